The predicted molar refractivity (Wildman–Crippen MR) is 62.1 cm³/mol. The third-order valence-corrected chi connectivity index (χ3v) is 3.30. The van der Waals surface area contributed by atoms with Crippen molar-refractivity contribution in [2.24, 2.45) is 5.10 Å². The van der Waals surface area contributed by atoms with E-state index in [2.05, 4.69) is 5.10 Å². The van der Waals surface area contributed by atoms with Gasteiger partial charge in [-0.1, -0.05) is 6.92 Å². The molecule has 2 rings (SSSR count). The number of anilines is 1. The molecule has 0 fully saturated rings. The van der Waals surface area contributed by atoms with E-state index >= 15 is 0 Å². The van der Waals surface area contributed by atoms with Gasteiger partial charge in [0.05, 0.1) is 0 Å². The maximum atomic E-state index is 13.7. The van der Waals surface area contributed by atoms with Gasteiger partial charge in [0.1, 0.15) is 5.69 Å². The smallest absolute Gasteiger partial charge is 0.362 e. The monoisotopic (exact) mass is 348 g/mol. The van der Waals surface area contributed by atoms with Gasteiger partial charge in [0.25, 0.3) is 5.72 Å². The van der Waals surface area contributed by atoms with Crippen LogP contribution < -0.4 is 5.01 Å². The summed E-state index contributed by atoms with van der Waals surface area (Å²) >= 11 is 0. The van der Waals surface area contributed by atoms with Crippen LogP contribution in [-0.4, -0.2) is 22.7 Å². The van der Waals surface area contributed by atoms with Crippen molar-refractivity contribution in [3.8, 4) is 0 Å². The van der Waals surface area contributed by atoms with E-state index in [4.69, 9.17) is 0 Å². The maximum Gasteiger partial charge on any atom is 0.438 e. The van der Waals surface area contributed by atoms with Crippen molar-refractivity contribution in [2.75, 3.05) is 5.01 Å². The van der Waals surface area contributed by atoms with E-state index < -0.39 is 58.1 Å². The number of alkyl halides is 3. The number of halogens is 8. The van der Waals surface area contributed by atoms with Crippen LogP contribution in [-0.2, 0) is 0 Å². The quantitative estimate of drug-likeness (QED) is 0.504. The van der Waals surface area contributed by atoms with Crippen molar-refractivity contribution in [2.45, 2.75) is 31.7 Å². The molecule has 1 N–H and O–H groups in total. The summed E-state index contributed by atoms with van der Waals surface area (Å²) in [6, 6.07) is 0. The number of hydrogen-bond acceptors (Lipinski definition) is 3. The summed E-state index contributed by atoms with van der Waals surface area (Å²) < 4.78 is 106. The molecular formula is C12H8F8N2O. The minimum Gasteiger partial charge on any atom is -0.362 e. The fourth-order valence-corrected chi connectivity index (χ4v) is 2.05. The van der Waals surface area contributed by atoms with E-state index in [0.29, 0.717) is 0 Å². The van der Waals surface area contributed by atoms with Crippen LogP contribution in [0.5, 0.6) is 0 Å². The summed E-state index contributed by atoms with van der Waals surface area (Å²) in [7, 11) is 0. The van der Waals surface area contributed by atoms with Crippen LogP contribution in [0.1, 0.15) is 19.8 Å². The molecule has 1 unspecified atom stereocenters. The van der Waals surface area contributed by atoms with Crippen molar-refractivity contribution in [3.05, 3.63) is 29.1 Å². The average Bonchev–Trinajstić information content (AvgIpc) is 2.81. The summed E-state index contributed by atoms with van der Waals surface area (Å²) in [4.78, 5) is 0. The molecule has 0 aromatic heterocycles. The van der Waals surface area contributed by atoms with Gasteiger partial charge >= 0.3 is 6.18 Å². The van der Waals surface area contributed by atoms with Crippen molar-refractivity contribution >= 4 is 11.4 Å². The lowest BCUT2D eigenvalue weighted by atomic mass is 10.0. The Bertz CT molecular complexity index is 658. The van der Waals surface area contributed by atoms with Gasteiger partial charge in [0.2, 0.25) is 5.82 Å². The minimum atomic E-state index is -5.46. The Kier molecular flexibility index (Phi) is 4.04. The molecule has 0 saturated heterocycles. The zero-order valence-electron chi connectivity index (χ0n) is 11.3. The zero-order valence-corrected chi connectivity index (χ0v) is 11.3. The molecule has 23 heavy (non-hydrogen) atoms. The normalized spacial score (nSPS) is 21.8. The van der Waals surface area contributed by atoms with Gasteiger partial charge in [0, 0.05) is 12.1 Å². The van der Waals surface area contributed by atoms with E-state index in [1.165, 1.54) is 6.92 Å². The van der Waals surface area contributed by atoms with Crippen LogP contribution in [0, 0.1) is 29.1 Å². The van der Waals surface area contributed by atoms with E-state index in [1.807, 2.05) is 0 Å². The number of nitrogens with zero attached hydrogens (tertiary/aromatic N) is 2. The molecule has 1 atom stereocenters. The van der Waals surface area contributed by atoms with E-state index in [9.17, 15) is 40.2 Å². The third kappa shape index (κ3) is 2.42. The molecule has 0 bridgehead atoms. The van der Waals surface area contributed by atoms with Crippen LogP contribution >= 0.6 is 0 Å². The molecule has 1 aromatic rings. The Balaban J connectivity index is 2.75. The zero-order chi connectivity index (χ0) is 17.7. The van der Waals surface area contributed by atoms with Crippen LogP contribution in [0.25, 0.3) is 0 Å². The molecule has 1 aromatic carbocycles. The summed E-state index contributed by atoms with van der Waals surface area (Å²) in [6.45, 7) is 1.34. The Hall–Kier alpha value is -1.91. The van der Waals surface area contributed by atoms with Gasteiger partial charge in [-0.2, -0.15) is 18.3 Å². The largest absolute Gasteiger partial charge is 0.438 e. The van der Waals surface area contributed by atoms with Gasteiger partial charge in [-0.25, -0.2) is 27.0 Å². The Labute approximate surface area is 123 Å². The SMILES string of the molecule is CCC1=NN(c2c(F)c(F)c(F)c(F)c2F)C(O)(C(F)(F)F)C1. The Morgan fingerprint density at radius 2 is 1.43 bits per heavy atom. The molecule has 1 aliphatic rings. The second-order valence-corrected chi connectivity index (χ2v) is 4.74. The van der Waals surface area contributed by atoms with Crippen molar-refractivity contribution in [1.29, 1.82) is 0 Å². The maximum absolute atomic E-state index is 13.7. The molecule has 0 aliphatic carbocycles. The number of aliphatic hydroxyl groups is 1. The highest BCUT2D eigenvalue weighted by Crippen LogP contribution is 2.45. The molecule has 0 saturated carbocycles. The molecule has 3 nitrogen and oxygen atoms in total. The van der Waals surface area contributed by atoms with E-state index in [1.54, 1.807) is 0 Å². The first-order valence-electron chi connectivity index (χ1n) is 6.12. The highest BCUT2D eigenvalue weighted by molar-refractivity contribution is 5.89. The van der Waals surface area contributed by atoms with E-state index in [-0.39, 0.29) is 12.1 Å². The number of benzene rings is 1. The molecule has 11 heteroatoms. The van der Waals surface area contributed by atoms with Crippen molar-refractivity contribution in [1.82, 2.24) is 0 Å². The van der Waals surface area contributed by atoms with Gasteiger partial charge in [-0.05, 0) is 6.42 Å². The van der Waals surface area contributed by atoms with Gasteiger partial charge in [-0.15, -0.1) is 0 Å². The molecule has 128 valence electrons. The molecule has 1 aliphatic heterocycles. The van der Waals surface area contributed by atoms with Gasteiger partial charge in [-0.3, -0.25) is 0 Å². The van der Waals surface area contributed by atoms with Crippen LogP contribution in [0.2, 0.25) is 0 Å². The topological polar surface area (TPSA) is 35.8 Å². The van der Waals surface area contributed by atoms with Crippen LogP contribution in [0.15, 0.2) is 5.10 Å². The second-order valence-electron chi connectivity index (χ2n) is 4.74. The summed E-state index contributed by atoms with van der Waals surface area (Å²) in [5.41, 5.74) is -6.21. The molecular weight excluding hydrogens is 340 g/mol. The lowest BCUT2D eigenvalue weighted by molar-refractivity contribution is -0.254. The molecule has 0 spiro atoms. The first-order chi connectivity index (χ1) is 10.5. The summed E-state index contributed by atoms with van der Waals surface area (Å²) in [5, 5.41) is 12.3. The van der Waals surface area contributed by atoms with Gasteiger partial charge in [0.15, 0.2) is 23.3 Å². The van der Waals surface area contributed by atoms with Crippen LogP contribution in [0.4, 0.5) is 40.8 Å². The Morgan fingerprint density at radius 3 is 1.83 bits per heavy atom. The average molecular weight is 348 g/mol. The first-order valence-corrected chi connectivity index (χ1v) is 6.12. The lowest BCUT2D eigenvalue weighted by Crippen LogP contribution is -2.55. The third-order valence-electron chi connectivity index (χ3n) is 3.30. The van der Waals surface area contributed by atoms with E-state index in [0.717, 1.165) is 0 Å². The molecule has 1 heterocycles. The first kappa shape index (κ1) is 17.4. The minimum absolute atomic E-state index is 0.135. The summed E-state index contributed by atoms with van der Waals surface area (Å²) in [6.07, 6.45) is -6.79. The number of hydrazone groups is 1. The van der Waals surface area contributed by atoms with Crippen LogP contribution in [0.3, 0.4) is 0 Å². The van der Waals surface area contributed by atoms with Crippen molar-refractivity contribution < 1.29 is 40.2 Å². The van der Waals surface area contributed by atoms with Crippen molar-refractivity contribution in [3.63, 3.8) is 0 Å². The number of hydrogen-bond donors (Lipinski definition) is 1. The summed E-state index contributed by atoms with van der Waals surface area (Å²) in [5.74, 6) is -12.5. The Morgan fingerprint density at radius 1 is 1.00 bits per heavy atom. The fraction of sp³-hybridized carbons (Fsp3) is 0.417. The second kappa shape index (κ2) is 5.32. The molecule has 0 amide bonds. The standard InChI is InChI=1S/C12H8F8N2O/c1-2-4-3-11(23,12(18,19)20)22(21-4)10-8(16)6(14)5(13)7(15)9(10)17/h23H,2-3H2,1H3. The highest BCUT2D eigenvalue weighted by Gasteiger charge is 2.62. The lowest BCUT2D eigenvalue weighted by Gasteiger charge is -2.34. The van der Waals surface area contributed by atoms with Gasteiger partial charge < -0.3 is 5.11 Å². The molecule has 0 radical (unpaired) electrons. The highest BCUT2D eigenvalue weighted by atomic mass is 19.4. The predicted octanol–water partition coefficient (Wildman–Crippen LogP) is 3.61. The fourth-order valence-electron chi connectivity index (χ4n) is 2.05. The number of rotatable bonds is 2.